The Morgan fingerprint density at radius 2 is 1.10 bits per heavy atom. The van der Waals surface area contributed by atoms with E-state index >= 15 is 0 Å². The fraction of sp³-hybridized carbons (Fsp3) is 0.172. The zero-order valence-electron chi connectivity index (χ0n) is 18.0. The molecule has 0 fully saturated rings. The fourth-order valence-electron chi connectivity index (χ4n) is 3.43. The molecule has 0 aromatic heterocycles. The van der Waals surface area contributed by atoms with Gasteiger partial charge in [0, 0.05) is 11.1 Å². The Hall–Kier alpha value is -3.26. The van der Waals surface area contributed by atoms with Crippen molar-refractivity contribution in [3.05, 3.63) is 120 Å². The molecule has 0 N–H and O–H groups in total. The van der Waals surface area contributed by atoms with Gasteiger partial charge in [0.2, 0.25) is 0 Å². The number of halogens is 2. The molecule has 0 spiro atoms. The summed E-state index contributed by atoms with van der Waals surface area (Å²) in [6, 6.07) is 22.2. The van der Waals surface area contributed by atoms with Crippen LogP contribution in [0, 0.1) is 0 Å². The molecule has 31 heavy (non-hydrogen) atoms. The second-order valence-electron chi connectivity index (χ2n) is 7.53. The minimum Gasteiger partial charge on any atom is -0.203 e. The quantitative estimate of drug-likeness (QED) is 0.242. The van der Waals surface area contributed by atoms with E-state index in [1.807, 2.05) is 37.3 Å². The third-order valence-electron chi connectivity index (χ3n) is 5.30. The first-order chi connectivity index (χ1) is 15.1. The fourth-order valence-corrected chi connectivity index (χ4v) is 3.43. The van der Waals surface area contributed by atoms with Crippen LogP contribution in [0.2, 0.25) is 0 Å². The SMILES string of the molecule is C=CCCc1ccc(/C(F)=C(\F)c2ccc(-c3ccc(CC/C=C/C)cc3)cc2)cc1. The van der Waals surface area contributed by atoms with Crippen LogP contribution in [0.15, 0.2) is 97.6 Å². The van der Waals surface area contributed by atoms with Gasteiger partial charge in [-0.3, -0.25) is 0 Å². The average Bonchev–Trinajstić information content (AvgIpc) is 2.83. The van der Waals surface area contributed by atoms with Gasteiger partial charge < -0.3 is 0 Å². The molecule has 0 atom stereocenters. The highest BCUT2D eigenvalue weighted by atomic mass is 19.2. The van der Waals surface area contributed by atoms with Crippen LogP contribution in [-0.2, 0) is 12.8 Å². The number of benzene rings is 3. The van der Waals surface area contributed by atoms with Gasteiger partial charge in [0.05, 0.1) is 0 Å². The first kappa shape index (κ1) is 22.4. The molecule has 2 heteroatoms. The summed E-state index contributed by atoms with van der Waals surface area (Å²) >= 11 is 0. The summed E-state index contributed by atoms with van der Waals surface area (Å²) < 4.78 is 29.4. The van der Waals surface area contributed by atoms with E-state index in [9.17, 15) is 8.78 Å². The van der Waals surface area contributed by atoms with E-state index in [1.54, 1.807) is 24.3 Å². The van der Waals surface area contributed by atoms with Crippen LogP contribution in [0.5, 0.6) is 0 Å². The number of rotatable bonds is 9. The van der Waals surface area contributed by atoms with Crippen molar-refractivity contribution in [1.82, 2.24) is 0 Å². The highest BCUT2D eigenvalue weighted by Crippen LogP contribution is 2.30. The maximum atomic E-state index is 14.7. The van der Waals surface area contributed by atoms with Crippen LogP contribution in [0.1, 0.15) is 42.0 Å². The summed E-state index contributed by atoms with van der Waals surface area (Å²) in [6.07, 6.45) is 9.80. The van der Waals surface area contributed by atoms with Crippen LogP contribution >= 0.6 is 0 Å². The molecule has 0 heterocycles. The molecule has 0 aliphatic rings. The monoisotopic (exact) mass is 414 g/mol. The molecule has 3 rings (SSSR count). The summed E-state index contributed by atoms with van der Waals surface area (Å²) in [5.41, 5.74) is 4.88. The van der Waals surface area contributed by atoms with Crippen molar-refractivity contribution in [2.45, 2.75) is 32.6 Å². The lowest BCUT2D eigenvalue weighted by Gasteiger charge is -2.07. The summed E-state index contributed by atoms with van der Waals surface area (Å²) in [7, 11) is 0. The van der Waals surface area contributed by atoms with E-state index < -0.39 is 11.7 Å². The molecule has 0 unspecified atom stereocenters. The van der Waals surface area contributed by atoms with Crippen LogP contribution in [0.3, 0.4) is 0 Å². The van der Waals surface area contributed by atoms with E-state index in [-0.39, 0.29) is 11.1 Å². The maximum Gasteiger partial charge on any atom is 0.166 e. The first-order valence-electron chi connectivity index (χ1n) is 10.7. The Labute approximate surface area is 184 Å². The zero-order valence-corrected chi connectivity index (χ0v) is 18.0. The molecule has 158 valence electrons. The predicted molar refractivity (Wildman–Crippen MR) is 129 cm³/mol. The highest BCUT2D eigenvalue weighted by molar-refractivity contribution is 5.83. The first-order valence-corrected chi connectivity index (χ1v) is 10.7. The van der Waals surface area contributed by atoms with Crippen molar-refractivity contribution in [1.29, 1.82) is 0 Å². The molecule has 0 aliphatic heterocycles. The molecule has 0 amide bonds. The molecule has 0 radical (unpaired) electrons. The Kier molecular flexibility index (Phi) is 8.12. The maximum absolute atomic E-state index is 14.7. The van der Waals surface area contributed by atoms with E-state index in [0.29, 0.717) is 0 Å². The van der Waals surface area contributed by atoms with E-state index in [1.165, 1.54) is 5.56 Å². The van der Waals surface area contributed by atoms with E-state index in [2.05, 4.69) is 43.0 Å². The third kappa shape index (κ3) is 6.11. The average molecular weight is 415 g/mol. The number of hydrogen-bond acceptors (Lipinski definition) is 0. The van der Waals surface area contributed by atoms with E-state index in [0.717, 1.165) is 42.4 Å². The molecule has 3 aromatic rings. The molecular formula is C29H28F2. The molecule has 0 saturated heterocycles. The van der Waals surface area contributed by atoms with Crippen LogP contribution in [-0.4, -0.2) is 0 Å². The zero-order chi connectivity index (χ0) is 22.1. The van der Waals surface area contributed by atoms with Gasteiger partial charge in [0.15, 0.2) is 11.7 Å². The molecular weight excluding hydrogens is 386 g/mol. The lowest BCUT2D eigenvalue weighted by molar-refractivity contribution is 0.700. The summed E-state index contributed by atoms with van der Waals surface area (Å²) in [6.45, 7) is 5.73. The second-order valence-corrected chi connectivity index (χ2v) is 7.53. The van der Waals surface area contributed by atoms with Gasteiger partial charge in [-0.25, -0.2) is 8.78 Å². The van der Waals surface area contributed by atoms with Gasteiger partial charge in [-0.2, -0.15) is 0 Å². The molecule has 0 aliphatic carbocycles. The Balaban J connectivity index is 1.73. The molecule has 0 nitrogen and oxygen atoms in total. The predicted octanol–water partition coefficient (Wildman–Crippen LogP) is 8.75. The molecule has 0 saturated carbocycles. The Morgan fingerprint density at radius 3 is 1.58 bits per heavy atom. The molecule has 3 aromatic carbocycles. The van der Waals surface area contributed by atoms with Crippen molar-refractivity contribution in [3.63, 3.8) is 0 Å². The van der Waals surface area contributed by atoms with Gasteiger partial charge in [0.25, 0.3) is 0 Å². The van der Waals surface area contributed by atoms with Crippen molar-refractivity contribution in [2.75, 3.05) is 0 Å². The highest BCUT2D eigenvalue weighted by Gasteiger charge is 2.12. The summed E-state index contributed by atoms with van der Waals surface area (Å²) in [5.74, 6) is -1.68. The normalized spacial score (nSPS) is 12.1. The smallest absolute Gasteiger partial charge is 0.166 e. The van der Waals surface area contributed by atoms with Crippen LogP contribution in [0.25, 0.3) is 22.8 Å². The van der Waals surface area contributed by atoms with Gasteiger partial charge >= 0.3 is 0 Å². The van der Waals surface area contributed by atoms with Crippen molar-refractivity contribution < 1.29 is 8.78 Å². The third-order valence-corrected chi connectivity index (χ3v) is 5.30. The van der Waals surface area contributed by atoms with Crippen LogP contribution in [0.4, 0.5) is 8.78 Å². The summed E-state index contributed by atoms with van der Waals surface area (Å²) in [5, 5.41) is 0. The number of allylic oxidation sites excluding steroid dienone is 3. The van der Waals surface area contributed by atoms with Crippen LogP contribution < -0.4 is 0 Å². The number of aryl methyl sites for hydroxylation is 2. The van der Waals surface area contributed by atoms with Crippen molar-refractivity contribution in [3.8, 4) is 11.1 Å². The summed E-state index contributed by atoms with van der Waals surface area (Å²) in [4.78, 5) is 0. The molecule has 0 bridgehead atoms. The van der Waals surface area contributed by atoms with E-state index in [4.69, 9.17) is 0 Å². The van der Waals surface area contributed by atoms with Gasteiger partial charge in [-0.15, -0.1) is 6.58 Å². The van der Waals surface area contributed by atoms with Gasteiger partial charge in [-0.1, -0.05) is 91.0 Å². The lowest BCUT2D eigenvalue weighted by atomic mass is 10.00. The van der Waals surface area contributed by atoms with Gasteiger partial charge in [0.1, 0.15) is 0 Å². The topological polar surface area (TPSA) is 0 Å². The Bertz CT molecular complexity index is 1040. The minimum atomic E-state index is -0.843. The van der Waals surface area contributed by atoms with Crippen molar-refractivity contribution >= 4 is 11.7 Å². The second kappa shape index (κ2) is 11.2. The van der Waals surface area contributed by atoms with Gasteiger partial charge in [-0.05, 0) is 54.9 Å². The lowest BCUT2D eigenvalue weighted by Crippen LogP contribution is -1.88. The Morgan fingerprint density at radius 1 is 0.677 bits per heavy atom. The van der Waals surface area contributed by atoms with Crippen molar-refractivity contribution in [2.24, 2.45) is 0 Å². The minimum absolute atomic E-state index is 0.236. The number of hydrogen-bond donors (Lipinski definition) is 0. The largest absolute Gasteiger partial charge is 0.203 e. The standard InChI is InChI=1S/C29H28F2/c1-3-5-7-9-23-10-14-24(15-11-23)25-18-20-27(21-19-25)29(31)28(30)26-16-12-22(13-17-26)8-6-4-2/h3-5,10-21H,2,6-9H2,1H3/b5-3+,29-28+.